The topological polar surface area (TPSA) is 68.5 Å². The van der Waals surface area contributed by atoms with E-state index in [0.29, 0.717) is 18.7 Å². The van der Waals surface area contributed by atoms with Crippen molar-refractivity contribution in [1.82, 2.24) is 15.0 Å². The van der Waals surface area contributed by atoms with Gasteiger partial charge in [0.25, 0.3) is 0 Å². The summed E-state index contributed by atoms with van der Waals surface area (Å²) < 4.78 is 47.4. The van der Waals surface area contributed by atoms with Gasteiger partial charge in [0, 0.05) is 32.2 Å². The lowest BCUT2D eigenvalue weighted by Crippen LogP contribution is -2.35. The van der Waals surface area contributed by atoms with Crippen LogP contribution in [0.1, 0.15) is 31.2 Å². The van der Waals surface area contributed by atoms with Crippen molar-refractivity contribution in [2.45, 2.75) is 38.6 Å². The molecular weight excluding hydrogens is 351 g/mol. The van der Waals surface area contributed by atoms with Gasteiger partial charge in [-0.15, -0.1) is 0 Å². The molecule has 2 heterocycles. The second kappa shape index (κ2) is 7.45. The molecule has 2 aromatic rings. The molecule has 1 aromatic carbocycles. The van der Waals surface area contributed by atoms with Gasteiger partial charge in [-0.05, 0) is 18.4 Å². The quantitative estimate of drug-likeness (QED) is 0.809. The third-order valence-corrected chi connectivity index (χ3v) is 4.15. The highest BCUT2D eigenvalue weighted by atomic mass is 19.4. The summed E-state index contributed by atoms with van der Waals surface area (Å²) in [6.45, 7) is 3.14. The molecular formula is C17H18F3N3O3. The van der Waals surface area contributed by atoms with E-state index in [1.807, 2.05) is 0 Å². The molecule has 0 radical (unpaired) electrons. The molecule has 6 nitrogen and oxygen atoms in total. The third-order valence-electron chi connectivity index (χ3n) is 4.15. The average Bonchev–Trinajstić information content (AvgIpc) is 3.26. The van der Waals surface area contributed by atoms with Crippen LogP contribution >= 0.6 is 0 Å². The first kappa shape index (κ1) is 18.4. The molecule has 140 valence electrons. The van der Waals surface area contributed by atoms with Gasteiger partial charge in [-0.1, -0.05) is 29.4 Å². The predicted molar refractivity (Wildman–Crippen MR) is 84.8 cm³/mol. The highest BCUT2D eigenvalue weighted by molar-refractivity contribution is 5.73. The number of amides is 1. The van der Waals surface area contributed by atoms with Gasteiger partial charge in [-0.3, -0.25) is 4.79 Å². The molecule has 1 fully saturated rings. The maximum atomic E-state index is 12.5. The van der Waals surface area contributed by atoms with Crippen molar-refractivity contribution >= 4 is 5.91 Å². The standard InChI is InChI=1S/C17H18F3N3O3/c1-11(24)23(10-14-3-2-8-25-14)9-12-4-6-13(7-5-12)15-21-16(26-22-15)17(18,19)20/h4-7,14H,2-3,8-10H2,1H3. The van der Waals surface area contributed by atoms with Crippen LogP contribution in [0.2, 0.25) is 0 Å². The van der Waals surface area contributed by atoms with E-state index in [0.717, 1.165) is 25.0 Å². The number of aromatic nitrogens is 2. The molecule has 1 unspecified atom stereocenters. The lowest BCUT2D eigenvalue weighted by Gasteiger charge is -2.24. The van der Waals surface area contributed by atoms with Gasteiger partial charge in [0.1, 0.15) is 0 Å². The van der Waals surface area contributed by atoms with Crippen molar-refractivity contribution in [2.24, 2.45) is 0 Å². The Labute approximate surface area is 147 Å². The van der Waals surface area contributed by atoms with Crippen LogP contribution < -0.4 is 0 Å². The number of alkyl halides is 3. The van der Waals surface area contributed by atoms with Crippen LogP contribution in [0.4, 0.5) is 13.2 Å². The molecule has 0 saturated carbocycles. The average molecular weight is 369 g/mol. The number of halogens is 3. The summed E-state index contributed by atoms with van der Waals surface area (Å²) >= 11 is 0. The fourth-order valence-electron chi connectivity index (χ4n) is 2.77. The molecule has 0 N–H and O–H groups in total. The molecule has 1 saturated heterocycles. The van der Waals surface area contributed by atoms with Gasteiger partial charge in [0.2, 0.25) is 11.7 Å². The monoisotopic (exact) mass is 369 g/mol. The van der Waals surface area contributed by atoms with E-state index in [1.54, 1.807) is 29.2 Å². The summed E-state index contributed by atoms with van der Waals surface area (Å²) in [5.74, 6) is -1.57. The van der Waals surface area contributed by atoms with Crippen LogP contribution in [0.15, 0.2) is 28.8 Å². The number of nitrogens with zero attached hydrogens (tertiary/aromatic N) is 3. The highest BCUT2D eigenvalue weighted by Gasteiger charge is 2.38. The minimum atomic E-state index is -4.67. The number of carbonyl (C=O) groups is 1. The Hall–Kier alpha value is -2.42. The molecule has 0 aliphatic carbocycles. The summed E-state index contributed by atoms with van der Waals surface area (Å²) in [6, 6.07) is 6.66. The fraction of sp³-hybridized carbons (Fsp3) is 0.471. The van der Waals surface area contributed by atoms with Crippen molar-refractivity contribution in [3.63, 3.8) is 0 Å². The number of hydrogen-bond acceptors (Lipinski definition) is 5. The largest absolute Gasteiger partial charge is 0.471 e. The second-order valence-corrected chi connectivity index (χ2v) is 6.15. The van der Waals surface area contributed by atoms with Crippen LogP contribution in [-0.4, -0.2) is 40.2 Å². The molecule has 1 amide bonds. The maximum absolute atomic E-state index is 12.5. The van der Waals surface area contributed by atoms with Crippen LogP contribution in [0.3, 0.4) is 0 Å². The molecule has 3 rings (SSSR count). The van der Waals surface area contributed by atoms with Crippen molar-refractivity contribution in [2.75, 3.05) is 13.2 Å². The van der Waals surface area contributed by atoms with Gasteiger partial charge in [0.15, 0.2) is 0 Å². The maximum Gasteiger partial charge on any atom is 0.471 e. The third kappa shape index (κ3) is 4.40. The molecule has 1 atom stereocenters. The Kier molecular flexibility index (Phi) is 5.26. The molecule has 0 spiro atoms. The Bertz CT molecular complexity index is 753. The molecule has 26 heavy (non-hydrogen) atoms. The zero-order chi connectivity index (χ0) is 18.7. The predicted octanol–water partition coefficient (Wildman–Crippen LogP) is 3.28. The van der Waals surface area contributed by atoms with Crippen LogP contribution in [0, 0.1) is 0 Å². The summed E-state index contributed by atoms with van der Waals surface area (Å²) in [7, 11) is 0. The molecule has 9 heteroatoms. The molecule has 0 bridgehead atoms. The van der Waals surface area contributed by atoms with E-state index in [-0.39, 0.29) is 17.8 Å². The number of rotatable bonds is 5. The number of hydrogen-bond donors (Lipinski definition) is 0. The first-order chi connectivity index (χ1) is 12.3. The van der Waals surface area contributed by atoms with Crippen molar-refractivity contribution in [1.29, 1.82) is 0 Å². The van der Waals surface area contributed by atoms with Crippen molar-refractivity contribution in [3.05, 3.63) is 35.7 Å². The van der Waals surface area contributed by atoms with Crippen LogP contribution in [0.5, 0.6) is 0 Å². The SMILES string of the molecule is CC(=O)N(Cc1ccc(-c2noc(C(F)(F)F)n2)cc1)CC1CCCO1. The molecule has 1 aromatic heterocycles. The zero-order valence-corrected chi connectivity index (χ0v) is 14.1. The molecule has 1 aliphatic rings. The number of ether oxygens (including phenoxy) is 1. The Morgan fingerprint density at radius 1 is 1.31 bits per heavy atom. The smallest absolute Gasteiger partial charge is 0.376 e. The van der Waals surface area contributed by atoms with Crippen LogP contribution in [-0.2, 0) is 22.3 Å². The summed E-state index contributed by atoms with van der Waals surface area (Å²) in [6.07, 6.45) is -2.69. The molecule has 1 aliphatic heterocycles. The van der Waals surface area contributed by atoms with Crippen LogP contribution in [0.25, 0.3) is 11.4 Å². The summed E-state index contributed by atoms with van der Waals surface area (Å²) in [5, 5.41) is 3.35. The van der Waals surface area contributed by atoms with E-state index >= 15 is 0 Å². The summed E-state index contributed by atoms with van der Waals surface area (Å²) in [4.78, 5) is 16.9. The lowest BCUT2D eigenvalue weighted by atomic mass is 10.1. The van der Waals surface area contributed by atoms with Gasteiger partial charge in [-0.2, -0.15) is 18.2 Å². The highest BCUT2D eigenvalue weighted by Crippen LogP contribution is 2.29. The fourth-order valence-corrected chi connectivity index (χ4v) is 2.77. The Morgan fingerprint density at radius 3 is 2.58 bits per heavy atom. The van der Waals surface area contributed by atoms with Crippen molar-refractivity contribution in [3.8, 4) is 11.4 Å². The zero-order valence-electron chi connectivity index (χ0n) is 14.1. The summed E-state index contributed by atoms with van der Waals surface area (Å²) in [5.41, 5.74) is 1.25. The normalized spacial score (nSPS) is 17.5. The minimum absolute atomic E-state index is 0.0540. The van der Waals surface area contributed by atoms with E-state index in [9.17, 15) is 18.0 Å². The first-order valence-electron chi connectivity index (χ1n) is 8.20. The van der Waals surface area contributed by atoms with Crippen molar-refractivity contribution < 1.29 is 27.2 Å². The van der Waals surface area contributed by atoms with Gasteiger partial charge >= 0.3 is 12.1 Å². The minimum Gasteiger partial charge on any atom is -0.376 e. The van der Waals surface area contributed by atoms with Gasteiger partial charge < -0.3 is 14.2 Å². The van der Waals surface area contributed by atoms with E-state index in [1.165, 1.54) is 6.92 Å². The van der Waals surface area contributed by atoms with Gasteiger partial charge in [-0.25, -0.2) is 0 Å². The lowest BCUT2D eigenvalue weighted by molar-refractivity contribution is -0.159. The number of benzene rings is 1. The Morgan fingerprint density at radius 2 is 2.04 bits per heavy atom. The van der Waals surface area contributed by atoms with E-state index in [4.69, 9.17) is 4.74 Å². The van der Waals surface area contributed by atoms with E-state index in [2.05, 4.69) is 14.7 Å². The first-order valence-corrected chi connectivity index (χ1v) is 8.20. The van der Waals surface area contributed by atoms with Gasteiger partial charge in [0.05, 0.1) is 6.10 Å². The number of carbonyl (C=O) groups excluding carboxylic acids is 1. The second-order valence-electron chi connectivity index (χ2n) is 6.15. The van der Waals surface area contributed by atoms with E-state index < -0.39 is 12.1 Å². The Balaban J connectivity index is 1.68.